The molecule has 0 spiro atoms. The van der Waals surface area contributed by atoms with E-state index in [0.29, 0.717) is 13.0 Å². The molecule has 2 N–H and O–H groups in total. The number of halogens is 1. The Kier molecular flexibility index (Phi) is 4.56. The molecule has 0 aliphatic rings. The molecule has 1 aromatic carbocycles. The van der Waals surface area contributed by atoms with Crippen LogP contribution in [0.15, 0.2) is 24.3 Å². The van der Waals surface area contributed by atoms with Crippen LogP contribution in [0.5, 0.6) is 0 Å². The third-order valence-electron chi connectivity index (χ3n) is 2.12. The average Bonchev–Trinajstić information content (AvgIpc) is 2.19. The van der Waals surface area contributed by atoms with Crippen molar-refractivity contribution in [1.29, 1.82) is 0 Å². The Bertz CT molecular complexity index is 278. The van der Waals surface area contributed by atoms with Crippen molar-refractivity contribution in [3.8, 4) is 0 Å². The van der Waals surface area contributed by atoms with Crippen molar-refractivity contribution in [3.05, 3.63) is 35.4 Å². The highest BCUT2D eigenvalue weighted by Crippen LogP contribution is 2.14. The average molecular weight is 197 g/mol. The number of likely N-dealkylation sites (N-methyl/N-ethyl adjacent to an activating group) is 1. The summed E-state index contributed by atoms with van der Waals surface area (Å²) in [6.45, 7) is 0.157. The van der Waals surface area contributed by atoms with E-state index < -0.39 is 6.10 Å². The lowest BCUT2D eigenvalue weighted by atomic mass is 10.0. The minimum Gasteiger partial charge on any atom is -0.387 e. The maximum atomic E-state index is 12.1. The van der Waals surface area contributed by atoms with Crippen molar-refractivity contribution in [2.24, 2.45) is 0 Å². The van der Waals surface area contributed by atoms with Crippen molar-refractivity contribution in [2.75, 3.05) is 20.3 Å². The van der Waals surface area contributed by atoms with Gasteiger partial charge in [-0.3, -0.25) is 4.39 Å². The summed E-state index contributed by atoms with van der Waals surface area (Å²) in [4.78, 5) is 0. The number of benzene rings is 1. The lowest BCUT2D eigenvalue weighted by molar-refractivity contribution is 0.177. The molecule has 1 rings (SSSR count). The lowest BCUT2D eigenvalue weighted by Gasteiger charge is -2.11. The zero-order chi connectivity index (χ0) is 10.4. The van der Waals surface area contributed by atoms with Gasteiger partial charge in [0.05, 0.1) is 12.8 Å². The Morgan fingerprint density at radius 3 is 2.93 bits per heavy atom. The molecule has 0 fully saturated rings. The summed E-state index contributed by atoms with van der Waals surface area (Å²) < 4.78 is 12.1. The van der Waals surface area contributed by atoms with Gasteiger partial charge >= 0.3 is 0 Å². The number of alkyl halides is 1. The van der Waals surface area contributed by atoms with Crippen LogP contribution in [0, 0.1) is 0 Å². The minimum absolute atomic E-state index is 0.356. The molecule has 1 aromatic rings. The standard InChI is InChI=1S/C11H16FNO/c1-13-8-11(14)10-4-2-3-9(7-10)5-6-12/h2-4,7,11,13-14H,5-6,8H2,1H3. The van der Waals surface area contributed by atoms with Gasteiger partial charge in [0.15, 0.2) is 0 Å². The summed E-state index contributed by atoms with van der Waals surface area (Å²) in [6, 6.07) is 7.42. The minimum atomic E-state index is -0.514. The summed E-state index contributed by atoms with van der Waals surface area (Å²) in [5.74, 6) is 0. The molecule has 0 aromatic heterocycles. The number of aliphatic hydroxyl groups is 1. The summed E-state index contributed by atoms with van der Waals surface area (Å²) in [7, 11) is 1.79. The van der Waals surface area contributed by atoms with Gasteiger partial charge in [-0.05, 0) is 18.2 Å². The molecule has 2 nitrogen and oxygen atoms in total. The van der Waals surface area contributed by atoms with E-state index in [1.807, 2.05) is 24.3 Å². The first kappa shape index (κ1) is 11.1. The highest BCUT2D eigenvalue weighted by atomic mass is 19.1. The fraction of sp³-hybridized carbons (Fsp3) is 0.455. The summed E-state index contributed by atoms with van der Waals surface area (Å²) in [5, 5.41) is 12.6. The van der Waals surface area contributed by atoms with Crippen LogP contribution >= 0.6 is 0 Å². The van der Waals surface area contributed by atoms with Gasteiger partial charge in [0.1, 0.15) is 0 Å². The van der Waals surface area contributed by atoms with Gasteiger partial charge < -0.3 is 10.4 Å². The molecule has 3 heteroatoms. The number of hydrogen-bond acceptors (Lipinski definition) is 2. The van der Waals surface area contributed by atoms with E-state index in [4.69, 9.17) is 0 Å². The van der Waals surface area contributed by atoms with E-state index in [2.05, 4.69) is 5.32 Å². The number of aryl methyl sites for hydroxylation is 1. The van der Waals surface area contributed by atoms with E-state index in [-0.39, 0.29) is 6.67 Å². The molecule has 14 heavy (non-hydrogen) atoms. The normalized spacial score (nSPS) is 12.8. The van der Waals surface area contributed by atoms with Crippen LogP contribution in [-0.2, 0) is 6.42 Å². The van der Waals surface area contributed by atoms with Crippen LogP contribution in [-0.4, -0.2) is 25.4 Å². The topological polar surface area (TPSA) is 32.3 Å². The van der Waals surface area contributed by atoms with E-state index in [0.717, 1.165) is 11.1 Å². The Hall–Kier alpha value is -0.930. The monoisotopic (exact) mass is 197 g/mol. The van der Waals surface area contributed by atoms with E-state index in [9.17, 15) is 9.50 Å². The fourth-order valence-electron chi connectivity index (χ4n) is 1.38. The summed E-state index contributed by atoms with van der Waals surface area (Å²) in [6.07, 6.45) is -0.0975. The predicted molar refractivity (Wildman–Crippen MR) is 55.0 cm³/mol. The first-order chi connectivity index (χ1) is 6.77. The highest BCUT2D eigenvalue weighted by Gasteiger charge is 2.06. The van der Waals surface area contributed by atoms with Gasteiger partial charge in [0.2, 0.25) is 0 Å². The Balaban J connectivity index is 2.71. The largest absolute Gasteiger partial charge is 0.387 e. The van der Waals surface area contributed by atoms with E-state index >= 15 is 0 Å². The van der Waals surface area contributed by atoms with E-state index in [1.54, 1.807) is 7.05 Å². The van der Waals surface area contributed by atoms with Crippen LogP contribution in [0.25, 0.3) is 0 Å². The highest BCUT2D eigenvalue weighted by molar-refractivity contribution is 5.25. The molecule has 1 atom stereocenters. The Morgan fingerprint density at radius 1 is 1.50 bits per heavy atom. The SMILES string of the molecule is CNCC(O)c1cccc(CCF)c1. The lowest BCUT2D eigenvalue weighted by Crippen LogP contribution is -2.16. The smallest absolute Gasteiger partial charge is 0.0934 e. The molecule has 0 heterocycles. The van der Waals surface area contributed by atoms with Crippen molar-refractivity contribution < 1.29 is 9.50 Å². The predicted octanol–water partition coefficient (Wildman–Crippen LogP) is 1.45. The van der Waals surface area contributed by atoms with Gasteiger partial charge in [0.25, 0.3) is 0 Å². The van der Waals surface area contributed by atoms with E-state index in [1.165, 1.54) is 0 Å². The number of nitrogens with one attached hydrogen (secondary N) is 1. The first-order valence-electron chi connectivity index (χ1n) is 4.75. The molecule has 78 valence electrons. The maximum Gasteiger partial charge on any atom is 0.0934 e. The third kappa shape index (κ3) is 3.09. The summed E-state index contributed by atoms with van der Waals surface area (Å²) >= 11 is 0. The molecular formula is C11H16FNO. The Morgan fingerprint density at radius 2 is 2.29 bits per heavy atom. The molecule has 1 unspecified atom stereocenters. The van der Waals surface area contributed by atoms with Gasteiger partial charge in [0, 0.05) is 13.0 Å². The van der Waals surface area contributed by atoms with Crippen LogP contribution < -0.4 is 5.32 Å². The second kappa shape index (κ2) is 5.73. The van der Waals surface area contributed by atoms with Crippen molar-refractivity contribution in [3.63, 3.8) is 0 Å². The van der Waals surface area contributed by atoms with Gasteiger partial charge in [-0.25, -0.2) is 0 Å². The van der Waals surface area contributed by atoms with Crippen molar-refractivity contribution in [1.82, 2.24) is 5.32 Å². The van der Waals surface area contributed by atoms with Gasteiger partial charge in [-0.2, -0.15) is 0 Å². The zero-order valence-corrected chi connectivity index (χ0v) is 8.33. The molecule has 0 aliphatic carbocycles. The third-order valence-corrected chi connectivity index (χ3v) is 2.12. The van der Waals surface area contributed by atoms with Crippen LogP contribution in [0.3, 0.4) is 0 Å². The fourth-order valence-corrected chi connectivity index (χ4v) is 1.38. The molecular weight excluding hydrogens is 181 g/mol. The second-order valence-corrected chi connectivity index (χ2v) is 3.26. The van der Waals surface area contributed by atoms with Crippen LogP contribution in [0.2, 0.25) is 0 Å². The van der Waals surface area contributed by atoms with Crippen molar-refractivity contribution in [2.45, 2.75) is 12.5 Å². The summed E-state index contributed by atoms with van der Waals surface area (Å²) in [5.41, 5.74) is 1.77. The molecule has 0 amide bonds. The number of hydrogen-bond donors (Lipinski definition) is 2. The van der Waals surface area contributed by atoms with Crippen LogP contribution in [0.1, 0.15) is 17.2 Å². The zero-order valence-electron chi connectivity index (χ0n) is 8.33. The molecule has 0 saturated carbocycles. The number of aliphatic hydroxyl groups excluding tert-OH is 1. The molecule has 0 saturated heterocycles. The first-order valence-corrected chi connectivity index (χ1v) is 4.75. The maximum absolute atomic E-state index is 12.1. The quantitative estimate of drug-likeness (QED) is 0.749. The molecule has 0 bridgehead atoms. The number of rotatable bonds is 5. The molecule has 0 radical (unpaired) electrons. The second-order valence-electron chi connectivity index (χ2n) is 3.26. The Labute approximate surface area is 83.8 Å². The molecule has 0 aliphatic heterocycles. The van der Waals surface area contributed by atoms with Crippen molar-refractivity contribution >= 4 is 0 Å². The van der Waals surface area contributed by atoms with Gasteiger partial charge in [-0.1, -0.05) is 24.3 Å². The van der Waals surface area contributed by atoms with Gasteiger partial charge in [-0.15, -0.1) is 0 Å². The van der Waals surface area contributed by atoms with Crippen LogP contribution in [0.4, 0.5) is 4.39 Å².